The second-order valence-electron chi connectivity index (χ2n) is 8.14. The zero-order valence-corrected chi connectivity index (χ0v) is 13.8. The second kappa shape index (κ2) is 5.86. The standard InChI is InChI=1S/C17H24N4O3/c22-16(2-4-20-3-1-15(19-20)21(23)24)18-11-17-8-12-5-13(9-17)7-14(6-12)10-17/h1,3,12-14H,2,4-11H2,(H,18,22). The third-order valence-electron chi connectivity index (χ3n) is 6.21. The molecule has 7 heteroatoms. The summed E-state index contributed by atoms with van der Waals surface area (Å²) in [5, 5.41) is 17.6. The number of nitrogens with one attached hydrogen (secondary N) is 1. The summed E-state index contributed by atoms with van der Waals surface area (Å²) < 4.78 is 1.46. The van der Waals surface area contributed by atoms with E-state index in [0.717, 1.165) is 24.3 Å². The molecule has 1 aromatic rings. The van der Waals surface area contributed by atoms with E-state index in [0.29, 0.717) is 18.4 Å². The summed E-state index contributed by atoms with van der Waals surface area (Å²) in [6, 6.07) is 1.35. The minimum atomic E-state index is -0.524. The highest BCUT2D eigenvalue weighted by atomic mass is 16.6. The molecule has 4 bridgehead atoms. The maximum absolute atomic E-state index is 12.2. The van der Waals surface area contributed by atoms with Crippen LogP contribution in [0.25, 0.3) is 0 Å². The number of rotatable bonds is 6. The fourth-order valence-electron chi connectivity index (χ4n) is 5.67. The van der Waals surface area contributed by atoms with Crippen molar-refractivity contribution in [3.8, 4) is 0 Å². The van der Waals surface area contributed by atoms with Gasteiger partial charge in [0.1, 0.15) is 0 Å². The topological polar surface area (TPSA) is 90.1 Å². The van der Waals surface area contributed by atoms with Crippen molar-refractivity contribution in [2.24, 2.45) is 23.2 Å². The van der Waals surface area contributed by atoms with Crippen LogP contribution in [0.3, 0.4) is 0 Å². The van der Waals surface area contributed by atoms with Crippen molar-refractivity contribution in [2.75, 3.05) is 6.54 Å². The van der Waals surface area contributed by atoms with Gasteiger partial charge in [-0.25, -0.2) is 0 Å². The van der Waals surface area contributed by atoms with Gasteiger partial charge in [0.2, 0.25) is 5.91 Å². The predicted octanol–water partition coefficient (Wildman–Crippen LogP) is 2.51. The highest BCUT2D eigenvalue weighted by Crippen LogP contribution is 2.59. The number of aromatic nitrogens is 2. The van der Waals surface area contributed by atoms with Crippen molar-refractivity contribution in [2.45, 2.75) is 51.5 Å². The van der Waals surface area contributed by atoms with Crippen molar-refractivity contribution in [3.05, 3.63) is 22.4 Å². The van der Waals surface area contributed by atoms with Crippen LogP contribution in [-0.2, 0) is 11.3 Å². The largest absolute Gasteiger partial charge is 0.389 e. The first-order valence-corrected chi connectivity index (χ1v) is 8.96. The van der Waals surface area contributed by atoms with Gasteiger partial charge in [-0.1, -0.05) is 0 Å². The number of nitro groups is 1. The number of carbonyl (C=O) groups excluding carboxylic acids is 1. The van der Waals surface area contributed by atoms with Crippen LogP contribution in [0.15, 0.2) is 12.3 Å². The molecule has 0 atom stereocenters. The number of carbonyl (C=O) groups is 1. The molecule has 0 aromatic carbocycles. The van der Waals surface area contributed by atoms with Gasteiger partial charge in [0, 0.05) is 13.0 Å². The highest BCUT2D eigenvalue weighted by Gasteiger charge is 2.50. The molecule has 130 valence electrons. The lowest BCUT2D eigenvalue weighted by molar-refractivity contribution is -0.389. The highest BCUT2D eigenvalue weighted by molar-refractivity contribution is 5.75. The van der Waals surface area contributed by atoms with E-state index in [-0.39, 0.29) is 11.7 Å². The summed E-state index contributed by atoms with van der Waals surface area (Å²) in [5.41, 5.74) is 0.342. The third-order valence-corrected chi connectivity index (χ3v) is 6.21. The molecule has 1 N–H and O–H groups in total. The lowest BCUT2D eigenvalue weighted by Gasteiger charge is -2.56. The smallest absolute Gasteiger partial charge is 0.358 e. The molecule has 24 heavy (non-hydrogen) atoms. The first kappa shape index (κ1) is 15.6. The maximum atomic E-state index is 12.2. The Morgan fingerprint density at radius 1 is 1.29 bits per heavy atom. The molecule has 7 nitrogen and oxygen atoms in total. The summed E-state index contributed by atoms with van der Waals surface area (Å²) in [7, 11) is 0. The van der Waals surface area contributed by atoms with Crippen LogP contribution in [0.2, 0.25) is 0 Å². The van der Waals surface area contributed by atoms with Gasteiger partial charge in [-0.3, -0.25) is 4.79 Å². The average molecular weight is 332 g/mol. The first-order valence-electron chi connectivity index (χ1n) is 8.96. The molecular weight excluding hydrogens is 308 g/mol. The Bertz CT molecular complexity index is 619. The van der Waals surface area contributed by atoms with Gasteiger partial charge in [0.05, 0.1) is 23.9 Å². The van der Waals surface area contributed by atoms with Crippen molar-refractivity contribution in [1.29, 1.82) is 0 Å². The van der Waals surface area contributed by atoms with Gasteiger partial charge in [-0.2, -0.15) is 4.68 Å². The number of aryl methyl sites for hydroxylation is 1. The molecule has 0 radical (unpaired) electrons. The molecule has 5 rings (SSSR count). The van der Waals surface area contributed by atoms with Gasteiger partial charge in [-0.15, -0.1) is 0 Å². The Labute approximate surface area is 140 Å². The fraction of sp³-hybridized carbons (Fsp3) is 0.765. The van der Waals surface area contributed by atoms with E-state index in [2.05, 4.69) is 10.4 Å². The van der Waals surface area contributed by atoms with E-state index < -0.39 is 4.92 Å². The number of hydrogen-bond acceptors (Lipinski definition) is 4. The molecule has 4 saturated carbocycles. The number of nitrogens with zero attached hydrogens (tertiary/aromatic N) is 3. The number of amides is 1. The molecular formula is C17H24N4O3. The minimum Gasteiger partial charge on any atom is -0.358 e. The van der Waals surface area contributed by atoms with Gasteiger partial charge in [0.15, 0.2) is 0 Å². The van der Waals surface area contributed by atoms with Gasteiger partial charge >= 0.3 is 5.82 Å². The van der Waals surface area contributed by atoms with Crippen LogP contribution in [-0.4, -0.2) is 27.2 Å². The van der Waals surface area contributed by atoms with Crippen LogP contribution in [0.4, 0.5) is 5.82 Å². The van der Waals surface area contributed by atoms with E-state index in [9.17, 15) is 14.9 Å². The lowest BCUT2D eigenvalue weighted by atomic mass is 9.49. The fourth-order valence-corrected chi connectivity index (χ4v) is 5.67. The normalized spacial score (nSPS) is 33.6. The van der Waals surface area contributed by atoms with Crippen LogP contribution in [0.1, 0.15) is 44.9 Å². The predicted molar refractivity (Wildman–Crippen MR) is 87.1 cm³/mol. The molecule has 0 spiro atoms. The molecule has 4 aliphatic rings. The quantitative estimate of drug-likeness (QED) is 0.640. The minimum absolute atomic E-state index is 0.0175. The third kappa shape index (κ3) is 3.03. The second-order valence-corrected chi connectivity index (χ2v) is 8.14. The van der Waals surface area contributed by atoms with E-state index in [4.69, 9.17) is 0 Å². The Balaban J connectivity index is 1.27. The monoisotopic (exact) mass is 332 g/mol. The van der Waals surface area contributed by atoms with Crippen molar-refractivity contribution >= 4 is 11.7 Å². The van der Waals surface area contributed by atoms with Crippen molar-refractivity contribution in [1.82, 2.24) is 15.1 Å². The van der Waals surface area contributed by atoms with Crippen LogP contribution in [0.5, 0.6) is 0 Å². The van der Waals surface area contributed by atoms with Gasteiger partial charge < -0.3 is 15.4 Å². The summed E-state index contributed by atoms with van der Waals surface area (Å²) in [5.74, 6) is 2.50. The van der Waals surface area contributed by atoms with Crippen molar-refractivity contribution < 1.29 is 9.72 Å². The van der Waals surface area contributed by atoms with E-state index in [1.807, 2.05) is 0 Å². The summed E-state index contributed by atoms with van der Waals surface area (Å²) in [6.07, 6.45) is 9.93. The van der Waals surface area contributed by atoms with E-state index >= 15 is 0 Å². The maximum Gasteiger partial charge on any atom is 0.389 e. The van der Waals surface area contributed by atoms with Crippen molar-refractivity contribution in [3.63, 3.8) is 0 Å². The molecule has 0 aliphatic heterocycles. The Hall–Kier alpha value is -1.92. The Kier molecular flexibility index (Phi) is 3.81. The zero-order valence-electron chi connectivity index (χ0n) is 13.8. The van der Waals surface area contributed by atoms with E-state index in [1.165, 1.54) is 49.3 Å². The molecule has 0 saturated heterocycles. The van der Waals surface area contributed by atoms with Crippen LogP contribution in [0, 0.1) is 33.3 Å². The lowest BCUT2D eigenvalue weighted by Crippen LogP contribution is -2.51. The molecule has 1 heterocycles. The molecule has 1 amide bonds. The van der Waals surface area contributed by atoms with Crippen LogP contribution >= 0.6 is 0 Å². The Morgan fingerprint density at radius 2 is 1.92 bits per heavy atom. The SMILES string of the molecule is O=C(CCn1ccc([N+](=O)[O-])n1)NCC12CC3CC(CC(C3)C1)C2. The number of hydrogen-bond donors (Lipinski definition) is 1. The molecule has 0 unspecified atom stereocenters. The Morgan fingerprint density at radius 3 is 2.46 bits per heavy atom. The molecule has 1 aromatic heterocycles. The van der Waals surface area contributed by atoms with Gasteiger partial charge in [-0.05, 0) is 66.6 Å². The summed E-state index contributed by atoms with van der Waals surface area (Å²) in [6.45, 7) is 1.18. The zero-order chi connectivity index (χ0) is 16.7. The molecule has 4 fully saturated rings. The summed E-state index contributed by atoms with van der Waals surface area (Å²) in [4.78, 5) is 22.3. The average Bonchev–Trinajstić information content (AvgIpc) is 2.99. The van der Waals surface area contributed by atoms with Crippen LogP contribution < -0.4 is 5.32 Å². The summed E-state index contributed by atoms with van der Waals surface area (Å²) >= 11 is 0. The van der Waals surface area contributed by atoms with E-state index in [1.54, 1.807) is 6.20 Å². The molecule has 4 aliphatic carbocycles. The first-order chi connectivity index (χ1) is 11.5. The van der Waals surface area contributed by atoms with Gasteiger partial charge in [0.25, 0.3) is 0 Å².